The summed E-state index contributed by atoms with van der Waals surface area (Å²) in [5, 5.41) is 9.20. The van der Waals surface area contributed by atoms with E-state index in [1.165, 1.54) is 0 Å². The minimum atomic E-state index is -0.501. The van der Waals surface area contributed by atoms with Crippen molar-refractivity contribution in [2.75, 3.05) is 39.3 Å². The van der Waals surface area contributed by atoms with E-state index in [9.17, 15) is 4.79 Å². The Morgan fingerprint density at radius 3 is 2.39 bits per heavy atom. The zero-order chi connectivity index (χ0) is 21.0. The number of carbonyl (C=O) groups excluding carboxylic acids is 1. The Labute approximate surface area is 169 Å². The summed E-state index contributed by atoms with van der Waals surface area (Å²) in [6, 6.07) is 3.98. The van der Waals surface area contributed by atoms with E-state index in [-0.39, 0.29) is 6.04 Å². The Morgan fingerprint density at radius 2 is 1.86 bits per heavy atom. The number of alkyl carbamates (subject to hydrolysis) is 1. The zero-order valence-corrected chi connectivity index (χ0v) is 18.2. The van der Waals surface area contributed by atoms with Gasteiger partial charge in [-0.1, -0.05) is 13.8 Å². The van der Waals surface area contributed by atoms with Crippen LogP contribution in [0.2, 0.25) is 0 Å². The van der Waals surface area contributed by atoms with Crippen molar-refractivity contribution >= 4 is 12.1 Å². The lowest BCUT2D eigenvalue weighted by atomic mass is 10.2. The number of guanidine groups is 1. The molecule has 1 atom stereocenters. The summed E-state index contributed by atoms with van der Waals surface area (Å²) in [6.07, 6.45) is 1.28. The van der Waals surface area contributed by atoms with Crippen LogP contribution in [0.15, 0.2) is 27.8 Å². The van der Waals surface area contributed by atoms with Gasteiger partial charge in [0.15, 0.2) is 5.96 Å². The second-order valence-corrected chi connectivity index (χ2v) is 7.33. The molecule has 1 amide bonds. The number of nitrogens with one attached hydrogen (secondary N) is 3. The Morgan fingerprint density at radius 1 is 1.18 bits per heavy atom. The lowest BCUT2D eigenvalue weighted by molar-refractivity contribution is 0.0529. The molecule has 0 aromatic carbocycles. The molecule has 8 heteroatoms. The van der Waals surface area contributed by atoms with Gasteiger partial charge in [0.25, 0.3) is 0 Å². The maximum atomic E-state index is 11.7. The molecule has 1 rings (SSSR count). The predicted molar refractivity (Wildman–Crippen MR) is 113 cm³/mol. The first-order valence-corrected chi connectivity index (χ1v) is 10.1. The lowest BCUT2D eigenvalue weighted by Crippen LogP contribution is -2.43. The van der Waals surface area contributed by atoms with Gasteiger partial charge in [-0.05, 0) is 52.9 Å². The van der Waals surface area contributed by atoms with Crippen molar-refractivity contribution in [1.29, 1.82) is 0 Å². The maximum absolute atomic E-state index is 11.7. The van der Waals surface area contributed by atoms with Gasteiger partial charge in [-0.15, -0.1) is 0 Å². The number of furan rings is 1. The first-order chi connectivity index (χ1) is 13.3. The summed E-state index contributed by atoms with van der Waals surface area (Å²) < 4.78 is 10.8. The van der Waals surface area contributed by atoms with Gasteiger partial charge < -0.3 is 25.1 Å². The summed E-state index contributed by atoms with van der Waals surface area (Å²) in [5.41, 5.74) is -0.501. The van der Waals surface area contributed by atoms with Gasteiger partial charge in [0.2, 0.25) is 0 Å². The molecule has 0 saturated heterocycles. The van der Waals surface area contributed by atoms with Crippen LogP contribution >= 0.6 is 0 Å². The van der Waals surface area contributed by atoms with Crippen LogP contribution in [0.5, 0.6) is 0 Å². The smallest absolute Gasteiger partial charge is 0.407 e. The van der Waals surface area contributed by atoms with Crippen LogP contribution in [0.25, 0.3) is 0 Å². The highest BCUT2D eigenvalue weighted by Gasteiger charge is 2.20. The first-order valence-electron chi connectivity index (χ1n) is 10.1. The lowest BCUT2D eigenvalue weighted by Gasteiger charge is -2.27. The van der Waals surface area contributed by atoms with E-state index in [4.69, 9.17) is 14.1 Å². The number of nitrogens with zero attached hydrogens (tertiary/aromatic N) is 2. The minimum absolute atomic E-state index is 0.0837. The fourth-order valence-electron chi connectivity index (χ4n) is 2.71. The standard InChI is InChI=1S/C20H37N5O3/c1-7-21-18(22-12-13-23-19(26)28-20(4,5)6)24-15-16(25(8-2)9-3)17-11-10-14-27-17/h10-11,14,16H,7-9,12-13,15H2,1-6H3,(H,23,26)(H2,21,22,24). The quantitative estimate of drug-likeness (QED) is 0.321. The van der Waals surface area contributed by atoms with E-state index < -0.39 is 11.7 Å². The van der Waals surface area contributed by atoms with Gasteiger partial charge in [0.05, 0.1) is 18.8 Å². The average Bonchev–Trinajstić information content (AvgIpc) is 3.14. The first kappa shape index (κ1) is 23.8. The van der Waals surface area contributed by atoms with Crippen LogP contribution < -0.4 is 16.0 Å². The fourth-order valence-corrected chi connectivity index (χ4v) is 2.71. The Bertz CT molecular complexity index is 577. The highest BCUT2D eigenvalue weighted by molar-refractivity contribution is 5.79. The number of amides is 1. The van der Waals surface area contributed by atoms with E-state index in [1.807, 2.05) is 39.8 Å². The van der Waals surface area contributed by atoms with Gasteiger partial charge in [0.1, 0.15) is 11.4 Å². The molecule has 0 spiro atoms. The second-order valence-electron chi connectivity index (χ2n) is 7.33. The monoisotopic (exact) mass is 395 g/mol. The summed E-state index contributed by atoms with van der Waals surface area (Å²) in [6.45, 7) is 16.0. The molecule has 0 radical (unpaired) electrons. The normalized spacial score (nSPS) is 13.3. The number of rotatable bonds is 10. The van der Waals surface area contributed by atoms with Crippen LogP contribution in [0, 0.1) is 0 Å². The number of carbonyl (C=O) groups is 1. The van der Waals surface area contributed by atoms with Gasteiger partial charge in [-0.25, -0.2) is 4.79 Å². The highest BCUT2D eigenvalue weighted by atomic mass is 16.6. The van der Waals surface area contributed by atoms with Crippen LogP contribution in [-0.2, 0) is 4.74 Å². The van der Waals surface area contributed by atoms with Crippen LogP contribution in [0.1, 0.15) is 53.3 Å². The molecule has 8 nitrogen and oxygen atoms in total. The molecule has 3 N–H and O–H groups in total. The highest BCUT2D eigenvalue weighted by Crippen LogP contribution is 2.21. The van der Waals surface area contributed by atoms with Crippen LogP contribution in [-0.4, -0.2) is 61.8 Å². The molecular weight excluding hydrogens is 358 g/mol. The third kappa shape index (κ3) is 9.12. The molecule has 1 heterocycles. The van der Waals surface area contributed by atoms with E-state index >= 15 is 0 Å². The van der Waals surface area contributed by atoms with Gasteiger partial charge in [-0.3, -0.25) is 9.89 Å². The Hall–Kier alpha value is -2.22. The van der Waals surface area contributed by atoms with Crippen molar-refractivity contribution in [2.24, 2.45) is 4.99 Å². The minimum Gasteiger partial charge on any atom is -0.468 e. The molecule has 1 aromatic rings. The van der Waals surface area contributed by atoms with Crippen molar-refractivity contribution < 1.29 is 13.9 Å². The van der Waals surface area contributed by atoms with Crippen molar-refractivity contribution in [3.8, 4) is 0 Å². The number of hydrogen-bond donors (Lipinski definition) is 3. The molecule has 160 valence electrons. The summed E-state index contributed by atoms with van der Waals surface area (Å²) >= 11 is 0. The summed E-state index contributed by atoms with van der Waals surface area (Å²) in [7, 11) is 0. The summed E-state index contributed by atoms with van der Waals surface area (Å²) in [4.78, 5) is 18.7. The molecule has 1 unspecified atom stereocenters. The molecule has 0 aliphatic carbocycles. The van der Waals surface area contributed by atoms with E-state index in [0.29, 0.717) is 25.6 Å². The van der Waals surface area contributed by atoms with Crippen molar-refractivity contribution in [1.82, 2.24) is 20.9 Å². The van der Waals surface area contributed by atoms with Crippen LogP contribution in [0.4, 0.5) is 4.79 Å². The molecule has 0 aliphatic heterocycles. The molecular formula is C20H37N5O3. The number of aliphatic imine (C=N–C) groups is 1. The Balaban J connectivity index is 2.60. The number of ether oxygens (including phenoxy) is 1. The van der Waals surface area contributed by atoms with E-state index in [0.717, 1.165) is 25.4 Å². The maximum Gasteiger partial charge on any atom is 0.407 e. The van der Waals surface area contributed by atoms with Crippen molar-refractivity contribution in [3.63, 3.8) is 0 Å². The predicted octanol–water partition coefficient (Wildman–Crippen LogP) is 2.74. The number of likely N-dealkylation sites (N-methyl/N-ethyl adjacent to an activating group) is 1. The molecule has 0 aliphatic rings. The van der Waals surface area contributed by atoms with E-state index in [2.05, 4.69) is 34.7 Å². The fraction of sp³-hybridized carbons (Fsp3) is 0.700. The zero-order valence-electron chi connectivity index (χ0n) is 18.2. The molecule has 1 aromatic heterocycles. The third-order valence-electron chi connectivity index (χ3n) is 3.98. The average molecular weight is 396 g/mol. The largest absolute Gasteiger partial charge is 0.468 e. The van der Waals surface area contributed by atoms with E-state index in [1.54, 1.807) is 6.26 Å². The third-order valence-corrected chi connectivity index (χ3v) is 3.98. The second kappa shape index (κ2) is 12.3. The Kier molecular flexibility index (Phi) is 10.4. The molecule has 28 heavy (non-hydrogen) atoms. The van der Waals surface area contributed by atoms with Crippen LogP contribution in [0.3, 0.4) is 0 Å². The topological polar surface area (TPSA) is 91.1 Å². The van der Waals surface area contributed by atoms with Gasteiger partial charge in [0, 0.05) is 19.6 Å². The molecule has 0 bridgehead atoms. The van der Waals surface area contributed by atoms with Crippen molar-refractivity contribution in [2.45, 2.75) is 53.2 Å². The molecule has 0 fully saturated rings. The molecule has 0 saturated carbocycles. The van der Waals surface area contributed by atoms with Gasteiger partial charge in [-0.2, -0.15) is 0 Å². The van der Waals surface area contributed by atoms with Crippen molar-refractivity contribution in [3.05, 3.63) is 24.2 Å². The SMILES string of the molecule is CCNC(=NCC(c1ccco1)N(CC)CC)NCCNC(=O)OC(C)(C)C. The van der Waals surface area contributed by atoms with Gasteiger partial charge >= 0.3 is 6.09 Å². The number of hydrogen-bond acceptors (Lipinski definition) is 5. The summed E-state index contributed by atoms with van der Waals surface area (Å²) in [5.74, 6) is 1.62.